The first-order chi connectivity index (χ1) is 9.49. The van der Waals surface area contributed by atoms with E-state index in [2.05, 4.69) is 20.9 Å². The van der Waals surface area contributed by atoms with Crippen LogP contribution in [0.4, 0.5) is 0 Å². The molecule has 7 heteroatoms. The number of methoxy groups -OCH3 is 1. The first kappa shape index (κ1) is 14.9. The molecule has 106 valence electrons. The summed E-state index contributed by atoms with van der Waals surface area (Å²) in [5.74, 6) is 0.421. The average molecular weight is 360 g/mol. The van der Waals surface area contributed by atoms with E-state index in [0.717, 1.165) is 9.04 Å². The number of benzene rings is 1. The molecule has 1 aromatic heterocycles. The van der Waals surface area contributed by atoms with Crippen LogP contribution >= 0.6 is 27.5 Å². The second kappa shape index (κ2) is 5.85. The first-order valence-corrected chi connectivity index (χ1v) is 7.04. The molecule has 1 N–H and O–H groups in total. The molecule has 0 fully saturated rings. The second-order valence-electron chi connectivity index (χ2n) is 4.03. The Hall–Kier alpha value is -1.53. The van der Waals surface area contributed by atoms with Gasteiger partial charge in [0.25, 0.3) is 5.56 Å². The Labute approximate surface area is 128 Å². The van der Waals surface area contributed by atoms with E-state index >= 15 is 0 Å². The highest BCUT2D eigenvalue weighted by atomic mass is 79.9. The number of halogens is 2. The van der Waals surface area contributed by atoms with Crippen LogP contribution in [0.2, 0.25) is 5.15 Å². The Kier molecular flexibility index (Phi) is 4.35. The first-order valence-electron chi connectivity index (χ1n) is 5.87. The van der Waals surface area contributed by atoms with Crippen LogP contribution in [0.1, 0.15) is 12.5 Å². The predicted octanol–water partition coefficient (Wildman–Crippen LogP) is 2.51. The molecule has 2 rings (SSSR count). The highest BCUT2D eigenvalue weighted by molar-refractivity contribution is 9.10. The topological polar surface area (TPSA) is 64.1 Å². The smallest absolute Gasteiger partial charge is 0.334 e. The van der Waals surface area contributed by atoms with Gasteiger partial charge in [0.1, 0.15) is 10.9 Å². The van der Waals surface area contributed by atoms with E-state index in [-0.39, 0.29) is 5.15 Å². The summed E-state index contributed by atoms with van der Waals surface area (Å²) in [4.78, 5) is 26.9. The summed E-state index contributed by atoms with van der Waals surface area (Å²) in [6, 6.07) is 5.08. The minimum Gasteiger partial charge on any atom is -0.495 e. The standard InChI is InChI=1S/C13H12BrClN2O3/c1-3-8-11(15)16-13(19)17(12(8)18)9-6-7(14)4-5-10(9)20-2/h4-6H,3H2,1-2H3,(H,16,19). The van der Waals surface area contributed by atoms with Crippen molar-refractivity contribution in [2.75, 3.05) is 7.11 Å². The van der Waals surface area contributed by atoms with E-state index in [1.54, 1.807) is 25.1 Å². The van der Waals surface area contributed by atoms with Gasteiger partial charge < -0.3 is 4.74 Å². The summed E-state index contributed by atoms with van der Waals surface area (Å²) in [7, 11) is 1.47. The van der Waals surface area contributed by atoms with E-state index < -0.39 is 11.2 Å². The molecule has 1 heterocycles. The molecule has 0 aliphatic heterocycles. The van der Waals surface area contributed by atoms with E-state index in [1.165, 1.54) is 7.11 Å². The van der Waals surface area contributed by atoms with Crippen LogP contribution in [0.5, 0.6) is 5.75 Å². The van der Waals surface area contributed by atoms with Gasteiger partial charge in [-0.2, -0.15) is 0 Å². The number of H-pyrrole nitrogens is 1. The predicted molar refractivity (Wildman–Crippen MR) is 81.3 cm³/mol. The third-order valence-corrected chi connectivity index (χ3v) is 3.70. The molecule has 0 unspecified atom stereocenters. The van der Waals surface area contributed by atoms with Gasteiger partial charge in [0.2, 0.25) is 0 Å². The molecule has 2 aromatic rings. The number of aromatic nitrogens is 2. The SMILES string of the molecule is CCc1c(Cl)[nH]c(=O)n(-c2cc(Br)ccc2OC)c1=O. The Morgan fingerprint density at radius 2 is 2.10 bits per heavy atom. The molecule has 5 nitrogen and oxygen atoms in total. The van der Waals surface area contributed by atoms with Crippen molar-refractivity contribution in [3.8, 4) is 11.4 Å². The van der Waals surface area contributed by atoms with E-state index in [9.17, 15) is 9.59 Å². The fourth-order valence-electron chi connectivity index (χ4n) is 1.91. The van der Waals surface area contributed by atoms with Gasteiger partial charge in [0, 0.05) is 4.47 Å². The lowest BCUT2D eigenvalue weighted by molar-refractivity contribution is 0.412. The van der Waals surface area contributed by atoms with Crippen molar-refractivity contribution < 1.29 is 4.74 Å². The maximum absolute atomic E-state index is 12.4. The number of nitrogens with zero attached hydrogens (tertiary/aromatic N) is 1. The van der Waals surface area contributed by atoms with Crippen molar-refractivity contribution in [2.24, 2.45) is 0 Å². The van der Waals surface area contributed by atoms with Gasteiger partial charge in [-0.15, -0.1) is 0 Å². The number of aromatic amines is 1. The number of hydrogen-bond donors (Lipinski definition) is 1. The highest BCUT2D eigenvalue weighted by Crippen LogP contribution is 2.25. The van der Waals surface area contributed by atoms with E-state index in [1.807, 2.05) is 0 Å². The Morgan fingerprint density at radius 3 is 2.70 bits per heavy atom. The molecule has 20 heavy (non-hydrogen) atoms. The number of rotatable bonds is 3. The normalized spacial score (nSPS) is 10.6. The third-order valence-electron chi connectivity index (χ3n) is 2.88. The lowest BCUT2D eigenvalue weighted by atomic mass is 10.2. The average Bonchev–Trinajstić information content (AvgIpc) is 2.39. The molecule has 0 amide bonds. The van der Waals surface area contributed by atoms with Crippen LogP contribution in [0.25, 0.3) is 5.69 Å². The van der Waals surface area contributed by atoms with Crippen molar-refractivity contribution in [2.45, 2.75) is 13.3 Å². The summed E-state index contributed by atoms with van der Waals surface area (Å²) in [5, 5.41) is 0.0766. The van der Waals surface area contributed by atoms with Gasteiger partial charge in [-0.3, -0.25) is 9.78 Å². The van der Waals surface area contributed by atoms with Crippen LogP contribution in [0, 0.1) is 0 Å². The zero-order valence-corrected chi connectivity index (χ0v) is 13.2. The Balaban J connectivity index is 2.87. The molecule has 0 bridgehead atoms. The summed E-state index contributed by atoms with van der Waals surface area (Å²) in [6.07, 6.45) is 0.421. The zero-order chi connectivity index (χ0) is 14.9. The molecule has 1 aromatic carbocycles. The van der Waals surface area contributed by atoms with Crippen molar-refractivity contribution in [3.63, 3.8) is 0 Å². The fourth-order valence-corrected chi connectivity index (χ4v) is 2.55. The lowest BCUT2D eigenvalue weighted by Gasteiger charge is -2.12. The molecular weight excluding hydrogens is 348 g/mol. The van der Waals surface area contributed by atoms with Crippen LogP contribution in [0.15, 0.2) is 32.3 Å². The highest BCUT2D eigenvalue weighted by Gasteiger charge is 2.16. The quantitative estimate of drug-likeness (QED) is 0.857. The minimum absolute atomic E-state index is 0.0766. The van der Waals surface area contributed by atoms with Gasteiger partial charge in [-0.25, -0.2) is 9.36 Å². The molecular formula is C13H12BrClN2O3. The van der Waals surface area contributed by atoms with Gasteiger partial charge in [0.15, 0.2) is 0 Å². The van der Waals surface area contributed by atoms with Crippen LogP contribution in [0.3, 0.4) is 0 Å². The maximum Gasteiger partial charge on any atom is 0.334 e. The van der Waals surface area contributed by atoms with Crippen LogP contribution in [-0.4, -0.2) is 16.7 Å². The Bertz CT molecular complexity index is 767. The molecule has 0 radical (unpaired) electrons. The second-order valence-corrected chi connectivity index (χ2v) is 5.33. The van der Waals surface area contributed by atoms with Crippen molar-refractivity contribution in [1.82, 2.24) is 9.55 Å². The van der Waals surface area contributed by atoms with Crippen LogP contribution < -0.4 is 16.0 Å². The van der Waals surface area contributed by atoms with Crippen molar-refractivity contribution >= 4 is 27.5 Å². The third kappa shape index (κ3) is 2.53. The van der Waals surface area contributed by atoms with Crippen LogP contribution in [-0.2, 0) is 6.42 Å². The number of nitrogens with one attached hydrogen (secondary N) is 1. The molecule has 0 atom stereocenters. The van der Waals surface area contributed by atoms with Gasteiger partial charge in [0.05, 0.1) is 18.4 Å². The van der Waals surface area contributed by atoms with Gasteiger partial charge in [-0.1, -0.05) is 34.5 Å². The van der Waals surface area contributed by atoms with E-state index in [4.69, 9.17) is 16.3 Å². The monoisotopic (exact) mass is 358 g/mol. The molecule has 0 spiro atoms. The Morgan fingerprint density at radius 1 is 1.40 bits per heavy atom. The largest absolute Gasteiger partial charge is 0.495 e. The molecule has 0 aliphatic rings. The summed E-state index contributed by atoms with van der Waals surface area (Å²) in [5.41, 5.74) is -0.334. The summed E-state index contributed by atoms with van der Waals surface area (Å²) >= 11 is 9.20. The minimum atomic E-state index is -0.603. The number of ether oxygens (including phenoxy) is 1. The van der Waals surface area contributed by atoms with Gasteiger partial charge >= 0.3 is 5.69 Å². The number of hydrogen-bond acceptors (Lipinski definition) is 3. The molecule has 0 saturated heterocycles. The molecule has 0 saturated carbocycles. The zero-order valence-electron chi connectivity index (χ0n) is 10.9. The van der Waals surface area contributed by atoms with Crippen molar-refractivity contribution in [3.05, 3.63) is 54.2 Å². The lowest BCUT2D eigenvalue weighted by Crippen LogP contribution is -2.36. The summed E-state index contributed by atoms with van der Waals surface area (Å²) < 4.78 is 6.95. The molecule has 0 aliphatic carbocycles. The van der Waals surface area contributed by atoms with Gasteiger partial charge in [-0.05, 0) is 24.6 Å². The van der Waals surface area contributed by atoms with Crippen molar-refractivity contribution in [1.29, 1.82) is 0 Å². The van der Waals surface area contributed by atoms with E-state index in [0.29, 0.717) is 23.4 Å². The maximum atomic E-state index is 12.4. The fraction of sp³-hybridized carbons (Fsp3) is 0.231. The summed E-state index contributed by atoms with van der Waals surface area (Å²) in [6.45, 7) is 1.80.